The second-order valence-corrected chi connectivity index (χ2v) is 6.98. The summed E-state index contributed by atoms with van der Waals surface area (Å²) in [5.41, 5.74) is 1.82. The third-order valence-electron chi connectivity index (χ3n) is 5.43. The molecule has 0 aliphatic heterocycles. The minimum Gasteiger partial charge on any atom is -0.497 e. The van der Waals surface area contributed by atoms with Crippen molar-refractivity contribution in [3.8, 4) is 5.75 Å². The molecule has 1 saturated carbocycles. The molecule has 1 amide bonds. The van der Waals surface area contributed by atoms with Gasteiger partial charge in [-0.2, -0.15) is 0 Å². The van der Waals surface area contributed by atoms with Crippen molar-refractivity contribution in [2.75, 3.05) is 7.11 Å². The number of amides is 1. The number of carbonyl (C=O) groups is 1. The van der Waals surface area contributed by atoms with Crippen molar-refractivity contribution in [3.63, 3.8) is 0 Å². The highest BCUT2D eigenvalue weighted by molar-refractivity contribution is 5.88. The van der Waals surface area contributed by atoms with Crippen LogP contribution in [0.3, 0.4) is 0 Å². The van der Waals surface area contributed by atoms with E-state index in [2.05, 4.69) is 36.5 Å². The average Bonchev–Trinajstić information content (AvgIpc) is 2.69. The van der Waals surface area contributed by atoms with Gasteiger partial charge in [-0.25, -0.2) is 0 Å². The van der Waals surface area contributed by atoms with E-state index in [9.17, 15) is 4.79 Å². The SMILES string of the molecule is COc1ccc(C2(C(=O)NC(C)c3ccccc3)CCCCC2)cc1. The first-order valence-electron chi connectivity index (χ1n) is 9.16. The summed E-state index contributed by atoms with van der Waals surface area (Å²) < 4.78 is 5.27. The predicted octanol–water partition coefficient (Wildman–Crippen LogP) is 4.77. The Balaban J connectivity index is 1.85. The Kier molecular flexibility index (Phi) is 5.42. The van der Waals surface area contributed by atoms with E-state index < -0.39 is 5.41 Å². The van der Waals surface area contributed by atoms with Crippen LogP contribution in [0.4, 0.5) is 0 Å². The Morgan fingerprint density at radius 2 is 1.64 bits per heavy atom. The van der Waals surface area contributed by atoms with E-state index in [0.29, 0.717) is 0 Å². The number of carbonyl (C=O) groups excluding carboxylic acids is 1. The van der Waals surface area contributed by atoms with Crippen LogP contribution < -0.4 is 10.1 Å². The van der Waals surface area contributed by atoms with Crippen LogP contribution in [0.2, 0.25) is 0 Å². The lowest BCUT2D eigenvalue weighted by molar-refractivity contribution is -0.128. The van der Waals surface area contributed by atoms with Gasteiger partial charge in [0.2, 0.25) is 5.91 Å². The van der Waals surface area contributed by atoms with Gasteiger partial charge < -0.3 is 10.1 Å². The third-order valence-corrected chi connectivity index (χ3v) is 5.43. The fourth-order valence-electron chi connectivity index (χ4n) is 3.87. The molecule has 3 heteroatoms. The van der Waals surface area contributed by atoms with Crippen LogP contribution in [-0.2, 0) is 10.2 Å². The maximum Gasteiger partial charge on any atom is 0.231 e. The first-order valence-corrected chi connectivity index (χ1v) is 9.16. The van der Waals surface area contributed by atoms with E-state index in [1.165, 1.54) is 6.42 Å². The number of methoxy groups -OCH3 is 1. The zero-order valence-corrected chi connectivity index (χ0v) is 15.1. The summed E-state index contributed by atoms with van der Waals surface area (Å²) in [6.45, 7) is 2.05. The number of nitrogens with one attached hydrogen (secondary N) is 1. The largest absolute Gasteiger partial charge is 0.497 e. The lowest BCUT2D eigenvalue weighted by Gasteiger charge is -2.37. The number of rotatable bonds is 5. The molecule has 0 saturated heterocycles. The topological polar surface area (TPSA) is 38.3 Å². The second-order valence-electron chi connectivity index (χ2n) is 6.98. The van der Waals surface area contributed by atoms with E-state index in [4.69, 9.17) is 4.74 Å². The molecule has 3 nitrogen and oxygen atoms in total. The second kappa shape index (κ2) is 7.73. The van der Waals surface area contributed by atoms with Gasteiger partial charge in [0.1, 0.15) is 5.75 Å². The van der Waals surface area contributed by atoms with Crippen molar-refractivity contribution in [2.45, 2.75) is 50.5 Å². The fourth-order valence-corrected chi connectivity index (χ4v) is 3.87. The molecule has 3 rings (SSSR count). The van der Waals surface area contributed by atoms with Gasteiger partial charge in [0.25, 0.3) is 0 Å². The van der Waals surface area contributed by atoms with Crippen LogP contribution in [0.15, 0.2) is 54.6 Å². The smallest absolute Gasteiger partial charge is 0.231 e. The zero-order chi connectivity index (χ0) is 17.7. The molecule has 132 valence electrons. The van der Waals surface area contributed by atoms with Crippen LogP contribution in [-0.4, -0.2) is 13.0 Å². The highest BCUT2D eigenvalue weighted by Gasteiger charge is 2.41. The normalized spacial score (nSPS) is 17.5. The molecule has 0 spiro atoms. The standard InChI is InChI=1S/C22H27NO2/c1-17(18-9-5-3-6-10-18)23-21(24)22(15-7-4-8-16-22)19-11-13-20(25-2)14-12-19/h3,5-6,9-14,17H,4,7-8,15-16H2,1-2H3,(H,23,24). The van der Waals surface area contributed by atoms with E-state index in [0.717, 1.165) is 42.6 Å². The highest BCUT2D eigenvalue weighted by atomic mass is 16.5. The van der Waals surface area contributed by atoms with Crippen molar-refractivity contribution in [1.29, 1.82) is 0 Å². The summed E-state index contributed by atoms with van der Waals surface area (Å²) >= 11 is 0. The summed E-state index contributed by atoms with van der Waals surface area (Å²) in [4.78, 5) is 13.3. The van der Waals surface area contributed by atoms with Crippen molar-refractivity contribution < 1.29 is 9.53 Å². The molecule has 2 aromatic rings. The monoisotopic (exact) mass is 337 g/mol. The molecule has 0 aromatic heterocycles. The van der Waals surface area contributed by atoms with Crippen molar-refractivity contribution >= 4 is 5.91 Å². The van der Waals surface area contributed by atoms with Crippen LogP contribution in [0.1, 0.15) is 56.2 Å². The Morgan fingerprint density at radius 3 is 2.24 bits per heavy atom. The van der Waals surface area contributed by atoms with E-state index >= 15 is 0 Å². The molecule has 1 aliphatic rings. The molecule has 0 heterocycles. The molecule has 2 aromatic carbocycles. The van der Waals surface area contributed by atoms with Gasteiger partial charge in [-0.1, -0.05) is 61.7 Å². The van der Waals surface area contributed by atoms with Gasteiger partial charge in [-0.15, -0.1) is 0 Å². The predicted molar refractivity (Wildman–Crippen MR) is 101 cm³/mol. The molecule has 1 fully saturated rings. The number of hydrogen-bond donors (Lipinski definition) is 1. The average molecular weight is 337 g/mol. The van der Waals surface area contributed by atoms with Gasteiger partial charge in [-0.3, -0.25) is 4.79 Å². The summed E-state index contributed by atoms with van der Waals surface area (Å²) in [5.74, 6) is 0.974. The van der Waals surface area contributed by atoms with Crippen LogP contribution in [0, 0.1) is 0 Å². The Morgan fingerprint density at radius 1 is 1.00 bits per heavy atom. The minimum atomic E-state index is -0.423. The Hall–Kier alpha value is -2.29. The lowest BCUT2D eigenvalue weighted by atomic mass is 9.68. The van der Waals surface area contributed by atoms with E-state index in [-0.39, 0.29) is 11.9 Å². The molecule has 1 N–H and O–H groups in total. The maximum absolute atomic E-state index is 13.3. The van der Waals surface area contributed by atoms with Crippen LogP contribution >= 0.6 is 0 Å². The van der Waals surface area contributed by atoms with Crippen LogP contribution in [0.25, 0.3) is 0 Å². The van der Waals surface area contributed by atoms with Gasteiger partial charge >= 0.3 is 0 Å². The minimum absolute atomic E-state index is 0.00532. The number of hydrogen-bond acceptors (Lipinski definition) is 2. The molecular formula is C22H27NO2. The number of ether oxygens (including phenoxy) is 1. The van der Waals surface area contributed by atoms with E-state index in [1.54, 1.807) is 7.11 Å². The van der Waals surface area contributed by atoms with Gasteiger partial charge in [-0.05, 0) is 43.0 Å². The zero-order valence-electron chi connectivity index (χ0n) is 15.1. The van der Waals surface area contributed by atoms with Crippen molar-refractivity contribution in [1.82, 2.24) is 5.32 Å². The summed E-state index contributed by atoms with van der Waals surface area (Å²) in [6, 6.07) is 18.2. The van der Waals surface area contributed by atoms with Gasteiger partial charge in [0.05, 0.1) is 18.6 Å². The first kappa shape index (κ1) is 17.5. The first-order chi connectivity index (χ1) is 12.2. The van der Waals surface area contributed by atoms with Crippen molar-refractivity contribution in [2.24, 2.45) is 0 Å². The molecule has 1 unspecified atom stereocenters. The third kappa shape index (κ3) is 3.71. The fraction of sp³-hybridized carbons (Fsp3) is 0.409. The molecule has 1 atom stereocenters. The summed E-state index contributed by atoms with van der Waals surface area (Å²) in [6.07, 6.45) is 5.22. The Bertz CT molecular complexity index is 688. The van der Waals surface area contributed by atoms with E-state index in [1.807, 2.05) is 30.3 Å². The molecule has 0 bridgehead atoms. The number of benzene rings is 2. The summed E-state index contributed by atoms with van der Waals surface area (Å²) in [5, 5.41) is 3.26. The maximum atomic E-state index is 13.3. The molecule has 1 aliphatic carbocycles. The van der Waals surface area contributed by atoms with Gasteiger partial charge in [0.15, 0.2) is 0 Å². The quantitative estimate of drug-likeness (QED) is 0.853. The molecular weight excluding hydrogens is 310 g/mol. The van der Waals surface area contributed by atoms with Crippen LogP contribution in [0.5, 0.6) is 5.75 Å². The highest BCUT2D eigenvalue weighted by Crippen LogP contribution is 2.40. The molecule has 0 radical (unpaired) electrons. The summed E-state index contributed by atoms with van der Waals surface area (Å²) in [7, 11) is 1.67. The molecule has 25 heavy (non-hydrogen) atoms. The van der Waals surface area contributed by atoms with Crippen molar-refractivity contribution in [3.05, 3.63) is 65.7 Å². The lowest BCUT2D eigenvalue weighted by Crippen LogP contribution is -2.46. The van der Waals surface area contributed by atoms with Gasteiger partial charge in [0, 0.05) is 0 Å². The Labute approximate surface area is 150 Å².